The van der Waals surface area contributed by atoms with Crippen LogP contribution < -0.4 is 0 Å². The van der Waals surface area contributed by atoms with Crippen molar-refractivity contribution in [3.05, 3.63) is 0 Å². The normalized spacial score (nSPS) is 11.3. The van der Waals surface area contributed by atoms with Gasteiger partial charge in [-0.25, -0.2) is 9.18 Å². The van der Waals surface area contributed by atoms with Crippen LogP contribution in [0.15, 0.2) is 0 Å². The molecule has 72 valence electrons. The Kier molecular flexibility index (Phi) is 4.86. The molecule has 0 N–H and O–H groups in total. The fraction of sp³-hybridized carbons (Fsp3) is 0.889. The van der Waals surface area contributed by atoms with Crippen LogP contribution >= 0.6 is 0 Å². The summed E-state index contributed by atoms with van der Waals surface area (Å²) in [5.74, 6) is -0.730. The minimum absolute atomic E-state index is 0.257. The Labute approximate surface area is 73.1 Å². The summed E-state index contributed by atoms with van der Waals surface area (Å²) in [5, 5.41) is 0. The van der Waals surface area contributed by atoms with Gasteiger partial charge in [0.15, 0.2) is 0 Å². The van der Waals surface area contributed by atoms with Crippen molar-refractivity contribution < 1.29 is 13.9 Å². The summed E-state index contributed by atoms with van der Waals surface area (Å²) >= 11 is 0. The van der Waals surface area contributed by atoms with E-state index < -0.39 is 11.6 Å². The second kappa shape index (κ2) is 5.12. The summed E-state index contributed by atoms with van der Waals surface area (Å²) in [5.41, 5.74) is -1.75. The van der Waals surface area contributed by atoms with Crippen molar-refractivity contribution in [1.82, 2.24) is 0 Å². The highest BCUT2D eigenvalue weighted by molar-refractivity contribution is 5.79. The number of esters is 1. The van der Waals surface area contributed by atoms with Crippen molar-refractivity contribution in [3.63, 3.8) is 0 Å². The molecule has 0 aliphatic heterocycles. The average molecular weight is 176 g/mol. The van der Waals surface area contributed by atoms with Gasteiger partial charge in [0, 0.05) is 0 Å². The van der Waals surface area contributed by atoms with Gasteiger partial charge in [0.05, 0.1) is 7.11 Å². The number of hydrogen-bond donors (Lipinski definition) is 0. The van der Waals surface area contributed by atoms with Gasteiger partial charge in [0.1, 0.15) is 0 Å². The summed E-state index contributed by atoms with van der Waals surface area (Å²) in [6.45, 7) is 3.71. The molecule has 0 aromatic heterocycles. The molecule has 0 aliphatic carbocycles. The molecule has 0 aromatic carbocycles. The van der Waals surface area contributed by atoms with Gasteiger partial charge in [-0.2, -0.15) is 0 Å². The SMILES string of the molecule is CCCC(F)(CCC)C(=O)OC. The van der Waals surface area contributed by atoms with Crippen molar-refractivity contribution in [2.45, 2.75) is 45.2 Å². The number of rotatable bonds is 5. The second-order valence-electron chi connectivity index (χ2n) is 2.96. The highest BCUT2D eigenvalue weighted by Gasteiger charge is 2.37. The van der Waals surface area contributed by atoms with Crippen molar-refractivity contribution >= 4 is 5.97 Å². The molecule has 3 heteroatoms. The van der Waals surface area contributed by atoms with Gasteiger partial charge < -0.3 is 4.74 Å². The van der Waals surface area contributed by atoms with Gasteiger partial charge >= 0.3 is 5.97 Å². The molecule has 0 bridgehead atoms. The zero-order valence-corrected chi connectivity index (χ0v) is 8.02. The molecule has 0 heterocycles. The minimum Gasteiger partial charge on any atom is -0.467 e. The Morgan fingerprint density at radius 1 is 1.33 bits per heavy atom. The Hall–Kier alpha value is -0.600. The quantitative estimate of drug-likeness (QED) is 0.601. The molecule has 2 nitrogen and oxygen atoms in total. The molecule has 0 fully saturated rings. The molecule has 0 rings (SSSR count). The predicted molar refractivity (Wildman–Crippen MR) is 45.7 cm³/mol. The van der Waals surface area contributed by atoms with E-state index in [1.54, 1.807) is 0 Å². The van der Waals surface area contributed by atoms with Crippen LogP contribution in [0.5, 0.6) is 0 Å². The molecule has 0 aliphatic rings. The molecule has 0 saturated heterocycles. The first kappa shape index (κ1) is 11.4. The van der Waals surface area contributed by atoms with Crippen LogP contribution in [0.25, 0.3) is 0 Å². The maximum absolute atomic E-state index is 13.7. The predicted octanol–water partition coefficient (Wildman–Crippen LogP) is 2.47. The van der Waals surface area contributed by atoms with Gasteiger partial charge in [-0.05, 0) is 12.8 Å². The Morgan fingerprint density at radius 2 is 1.75 bits per heavy atom. The van der Waals surface area contributed by atoms with Gasteiger partial charge in [-0.1, -0.05) is 26.7 Å². The number of alkyl halides is 1. The Bertz CT molecular complexity index is 139. The standard InChI is InChI=1S/C9H17FO2/c1-4-6-9(10,7-5-2)8(11)12-3/h4-7H2,1-3H3. The van der Waals surface area contributed by atoms with Gasteiger partial charge in [-0.3, -0.25) is 0 Å². The minimum atomic E-state index is -1.75. The number of ether oxygens (including phenoxy) is 1. The summed E-state index contributed by atoms with van der Waals surface area (Å²) in [6.07, 6.45) is 1.83. The first-order valence-corrected chi connectivity index (χ1v) is 4.38. The molecule has 0 spiro atoms. The summed E-state index contributed by atoms with van der Waals surface area (Å²) in [6, 6.07) is 0. The monoisotopic (exact) mass is 176 g/mol. The van der Waals surface area contributed by atoms with Gasteiger partial charge in [0.2, 0.25) is 5.67 Å². The molecular weight excluding hydrogens is 159 g/mol. The summed E-state index contributed by atoms with van der Waals surface area (Å²) < 4.78 is 18.1. The lowest BCUT2D eigenvalue weighted by Gasteiger charge is -2.20. The number of halogens is 1. The van der Waals surface area contributed by atoms with Crippen molar-refractivity contribution in [2.75, 3.05) is 7.11 Å². The second-order valence-corrected chi connectivity index (χ2v) is 2.96. The van der Waals surface area contributed by atoms with E-state index in [-0.39, 0.29) is 12.8 Å². The molecule has 12 heavy (non-hydrogen) atoms. The van der Waals surface area contributed by atoms with Crippen LogP contribution in [0.2, 0.25) is 0 Å². The number of carbonyl (C=O) groups is 1. The van der Waals surface area contributed by atoms with Crippen LogP contribution in [0, 0.1) is 0 Å². The van der Waals surface area contributed by atoms with Crippen LogP contribution in [0.4, 0.5) is 4.39 Å². The third-order valence-corrected chi connectivity index (χ3v) is 1.84. The highest BCUT2D eigenvalue weighted by Crippen LogP contribution is 2.25. The number of hydrogen-bond acceptors (Lipinski definition) is 2. The molecular formula is C9H17FO2. The van der Waals surface area contributed by atoms with E-state index in [1.165, 1.54) is 7.11 Å². The van der Waals surface area contributed by atoms with Crippen LogP contribution in [0.1, 0.15) is 39.5 Å². The lowest BCUT2D eigenvalue weighted by atomic mass is 9.95. The smallest absolute Gasteiger partial charge is 0.343 e. The molecule has 0 amide bonds. The highest BCUT2D eigenvalue weighted by atomic mass is 19.1. The van der Waals surface area contributed by atoms with Crippen molar-refractivity contribution in [1.29, 1.82) is 0 Å². The van der Waals surface area contributed by atoms with Crippen LogP contribution in [-0.4, -0.2) is 18.7 Å². The molecule has 0 unspecified atom stereocenters. The third-order valence-electron chi connectivity index (χ3n) is 1.84. The van der Waals surface area contributed by atoms with E-state index in [0.29, 0.717) is 12.8 Å². The van der Waals surface area contributed by atoms with Crippen LogP contribution in [0.3, 0.4) is 0 Å². The molecule has 0 radical (unpaired) electrons. The average Bonchev–Trinajstić information content (AvgIpc) is 2.04. The lowest BCUT2D eigenvalue weighted by molar-refractivity contribution is -0.155. The maximum Gasteiger partial charge on any atom is 0.343 e. The Morgan fingerprint density at radius 3 is 2.00 bits per heavy atom. The summed E-state index contributed by atoms with van der Waals surface area (Å²) in [7, 11) is 1.22. The number of methoxy groups -OCH3 is 1. The fourth-order valence-electron chi connectivity index (χ4n) is 1.30. The van der Waals surface area contributed by atoms with Crippen molar-refractivity contribution in [2.24, 2.45) is 0 Å². The van der Waals surface area contributed by atoms with E-state index in [1.807, 2.05) is 13.8 Å². The summed E-state index contributed by atoms with van der Waals surface area (Å²) in [4.78, 5) is 11.0. The lowest BCUT2D eigenvalue weighted by Crippen LogP contribution is -2.34. The van der Waals surface area contributed by atoms with E-state index in [9.17, 15) is 9.18 Å². The van der Waals surface area contributed by atoms with Gasteiger partial charge in [0.25, 0.3) is 0 Å². The molecule has 0 aromatic rings. The topological polar surface area (TPSA) is 26.3 Å². The van der Waals surface area contributed by atoms with E-state index in [0.717, 1.165) is 0 Å². The first-order valence-electron chi connectivity index (χ1n) is 4.38. The van der Waals surface area contributed by atoms with Crippen LogP contribution in [-0.2, 0) is 9.53 Å². The first-order chi connectivity index (χ1) is 5.60. The van der Waals surface area contributed by atoms with Crippen molar-refractivity contribution in [3.8, 4) is 0 Å². The molecule has 0 atom stereocenters. The fourth-order valence-corrected chi connectivity index (χ4v) is 1.30. The Balaban J connectivity index is 4.26. The maximum atomic E-state index is 13.7. The zero-order chi connectivity index (χ0) is 9.61. The van der Waals surface area contributed by atoms with E-state index >= 15 is 0 Å². The third kappa shape index (κ3) is 2.80. The van der Waals surface area contributed by atoms with Gasteiger partial charge in [-0.15, -0.1) is 0 Å². The zero-order valence-electron chi connectivity index (χ0n) is 8.02. The number of carbonyl (C=O) groups excluding carboxylic acids is 1. The van der Waals surface area contributed by atoms with E-state index in [2.05, 4.69) is 4.74 Å². The largest absolute Gasteiger partial charge is 0.467 e. The molecule has 0 saturated carbocycles. The van der Waals surface area contributed by atoms with E-state index in [4.69, 9.17) is 0 Å².